The van der Waals surface area contributed by atoms with Crippen LogP contribution in [0.4, 0.5) is 16.5 Å². The third kappa shape index (κ3) is 4.98. The summed E-state index contributed by atoms with van der Waals surface area (Å²) < 4.78 is 11.0. The fourth-order valence-electron chi connectivity index (χ4n) is 2.40. The maximum Gasteiger partial charge on any atom is 0.275 e. The van der Waals surface area contributed by atoms with Crippen LogP contribution in [0.3, 0.4) is 0 Å². The first kappa shape index (κ1) is 18.7. The molecule has 0 saturated carbocycles. The number of hydrogen-bond donors (Lipinski definition) is 2. The van der Waals surface area contributed by atoms with Gasteiger partial charge in [0.1, 0.15) is 17.2 Å². The van der Waals surface area contributed by atoms with E-state index >= 15 is 0 Å². The summed E-state index contributed by atoms with van der Waals surface area (Å²) in [6.07, 6.45) is 0. The van der Waals surface area contributed by atoms with E-state index < -0.39 is 0 Å². The number of carbonyl (C=O) groups is 1. The predicted octanol–water partition coefficient (Wildman–Crippen LogP) is 4.94. The maximum atomic E-state index is 12.5. The van der Waals surface area contributed by atoms with Crippen LogP contribution in [0.5, 0.6) is 11.5 Å². The molecule has 0 aliphatic carbocycles. The lowest BCUT2D eigenvalue weighted by atomic mass is 10.3. The third-order valence-electron chi connectivity index (χ3n) is 3.59. The van der Waals surface area contributed by atoms with Gasteiger partial charge in [0, 0.05) is 11.1 Å². The Morgan fingerprint density at radius 3 is 2.52 bits per heavy atom. The largest absolute Gasteiger partial charge is 0.494 e. The van der Waals surface area contributed by atoms with Gasteiger partial charge in [0.15, 0.2) is 5.13 Å². The van der Waals surface area contributed by atoms with Crippen molar-refractivity contribution in [2.24, 2.45) is 0 Å². The SMILES string of the molecule is CCOc1ccc(Nc2nc(C(=O)Nc3ccccc3OCC)cs2)cc1. The fraction of sp³-hybridized carbons (Fsp3) is 0.200. The normalized spacial score (nSPS) is 10.3. The van der Waals surface area contributed by atoms with Crippen molar-refractivity contribution in [3.63, 3.8) is 0 Å². The molecule has 0 spiro atoms. The zero-order valence-corrected chi connectivity index (χ0v) is 16.0. The molecule has 1 amide bonds. The van der Waals surface area contributed by atoms with Crippen molar-refractivity contribution < 1.29 is 14.3 Å². The van der Waals surface area contributed by atoms with Gasteiger partial charge in [-0.2, -0.15) is 0 Å². The molecule has 0 unspecified atom stereocenters. The highest BCUT2D eigenvalue weighted by atomic mass is 32.1. The lowest BCUT2D eigenvalue weighted by molar-refractivity contribution is 0.102. The molecule has 140 valence electrons. The molecule has 0 radical (unpaired) electrons. The van der Waals surface area contributed by atoms with E-state index in [2.05, 4.69) is 15.6 Å². The summed E-state index contributed by atoms with van der Waals surface area (Å²) in [4.78, 5) is 16.8. The van der Waals surface area contributed by atoms with E-state index in [9.17, 15) is 4.79 Å². The van der Waals surface area contributed by atoms with E-state index in [1.54, 1.807) is 11.4 Å². The van der Waals surface area contributed by atoms with Gasteiger partial charge in [0.05, 0.1) is 18.9 Å². The molecular weight excluding hydrogens is 362 g/mol. The molecule has 1 aromatic heterocycles. The fourth-order valence-corrected chi connectivity index (χ4v) is 3.11. The summed E-state index contributed by atoms with van der Waals surface area (Å²) in [5, 5.41) is 8.40. The zero-order chi connectivity index (χ0) is 19.1. The number of benzene rings is 2. The number of para-hydroxylation sites is 2. The Morgan fingerprint density at radius 2 is 1.78 bits per heavy atom. The van der Waals surface area contributed by atoms with Gasteiger partial charge < -0.3 is 20.1 Å². The molecule has 0 fully saturated rings. The Balaban J connectivity index is 1.65. The maximum absolute atomic E-state index is 12.5. The van der Waals surface area contributed by atoms with E-state index in [-0.39, 0.29) is 5.91 Å². The van der Waals surface area contributed by atoms with E-state index in [1.807, 2.05) is 56.3 Å². The van der Waals surface area contributed by atoms with Crippen LogP contribution < -0.4 is 20.1 Å². The molecule has 6 nitrogen and oxygen atoms in total. The van der Waals surface area contributed by atoms with Crippen LogP contribution in [0.2, 0.25) is 0 Å². The molecule has 3 aromatic rings. The number of nitrogens with one attached hydrogen (secondary N) is 2. The minimum absolute atomic E-state index is 0.279. The number of carbonyl (C=O) groups excluding carboxylic acids is 1. The lowest BCUT2D eigenvalue weighted by Gasteiger charge is -2.10. The Labute approximate surface area is 162 Å². The van der Waals surface area contributed by atoms with Crippen molar-refractivity contribution in [3.05, 3.63) is 59.6 Å². The number of amides is 1. The molecular formula is C20H21N3O3S. The average molecular weight is 383 g/mol. The van der Waals surface area contributed by atoms with Crippen molar-refractivity contribution in [3.8, 4) is 11.5 Å². The number of nitrogens with zero attached hydrogens (tertiary/aromatic N) is 1. The summed E-state index contributed by atoms with van der Waals surface area (Å²) in [7, 11) is 0. The van der Waals surface area contributed by atoms with Crippen molar-refractivity contribution in [1.82, 2.24) is 4.98 Å². The number of anilines is 3. The first-order chi connectivity index (χ1) is 13.2. The van der Waals surface area contributed by atoms with Gasteiger partial charge >= 0.3 is 0 Å². The first-order valence-corrected chi connectivity index (χ1v) is 9.56. The van der Waals surface area contributed by atoms with Crippen LogP contribution in [-0.2, 0) is 0 Å². The van der Waals surface area contributed by atoms with Crippen LogP contribution in [0.15, 0.2) is 53.9 Å². The standard InChI is InChI=1S/C20H21N3O3S/c1-3-25-15-11-9-14(10-12-15)21-20-23-17(13-27-20)19(24)22-16-7-5-6-8-18(16)26-4-2/h5-13H,3-4H2,1-2H3,(H,21,23)(H,22,24). The zero-order valence-electron chi connectivity index (χ0n) is 15.2. The first-order valence-electron chi connectivity index (χ1n) is 8.68. The van der Waals surface area contributed by atoms with Crippen LogP contribution in [0, 0.1) is 0 Å². The summed E-state index contributed by atoms with van der Waals surface area (Å²) in [6.45, 7) is 5.00. The van der Waals surface area contributed by atoms with Gasteiger partial charge in [0.25, 0.3) is 5.91 Å². The van der Waals surface area contributed by atoms with Gasteiger partial charge in [-0.15, -0.1) is 11.3 Å². The lowest BCUT2D eigenvalue weighted by Crippen LogP contribution is -2.13. The third-order valence-corrected chi connectivity index (χ3v) is 4.35. The average Bonchev–Trinajstić information content (AvgIpc) is 3.14. The molecule has 27 heavy (non-hydrogen) atoms. The van der Waals surface area contributed by atoms with E-state index in [0.717, 1.165) is 11.4 Å². The van der Waals surface area contributed by atoms with Crippen molar-refractivity contribution in [2.75, 3.05) is 23.8 Å². The van der Waals surface area contributed by atoms with Crippen molar-refractivity contribution in [2.45, 2.75) is 13.8 Å². The second-order valence-electron chi connectivity index (χ2n) is 5.50. The van der Waals surface area contributed by atoms with E-state index in [1.165, 1.54) is 11.3 Å². The molecule has 2 aromatic carbocycles. The smallest absolute Gasteiger partial charge is 0.275 e. The summed E-state index contributed by atoms with van der Waals surface area (Å²) in [5.41, 5.74) is 1.85. The molecule has 1 heterocycles. The molecule has 0 aliphatic heterocycles. The van der Waals surface area contributed by atoms with Gasteiger partial charge in [0.2, 0.25) is 0 Å². The van der Waals surface area contributed by atoms with E-state index in [4.69, 9.17) is 9.47 Å². The Morgan fingerprint density at radius 1 is 1.04 bits per heavy atom. The Bertz CT molecular complexity index is 893. The minimum Gasteiger partial charge on any atom is -0.494 e. The number of rotatable bonds is 8. The van der Waals surface area contributed by atoms with Gasteiger partial charge in [-0.05, 0) is 50.2 Å². The molecule has 0 saturated heterocycles. The van der Waals surface area contributed by atoms with E-state index in [0.29, 0.717) is 35.5 Å². The molecule has 0 atom stereocenters. The van der Waals surface area contributed by atoms with Crippen LogP contribution in [0.1, 0.15) is 24.3 Å². The highest BCUT2D eigenvalue weighted by Crippen LogP contribution is 2.26. The number of thiazole rings is 1. The monoisotopic (exact) mass is 383 g/mol. The Hall–Kier alpha value is -3.06. The minimum atomic E-state index is -0.279. The summed E-state index contributed by atoms with van der Waals surface area (Å²) in [5.74, 6) is 1.17. The van der Waals surface area contributed by atoms with Crippen LogP contribution in [-0.4, -0.2) is 24.1 Å². The summed E-state index contributed by atoms with van der Waals surface area (Å²) in [6, 6.07) is 14.9. The molecule has 3 rings (SSSR count). The number of aromatic nitrogens is 1. The quantitative estimate of drug-likeness (QED) is 0.577. The van der Waals surface area contributed by atoms with Gasteiger partial charge in [-0.1, -0.05) is 12.1 Å². The second kappa shape index (κ2) is 9.05. The molecule has 7 heteroatoms. The Kier molecular flexibility index (Phi) is 6.27. The number of hydrogen-bond acceptors (Lipinski definition) is 6. The van der Waals surface area contributed by atoms with Crippen molar-refractivity contribution >= 4 is 33.8 Å². The highest BCUT2D eigenvalue weighted by molar-refractivity contribution is 7.14. The molecule has 0 bridgehead atoms. The summed E-state index contributed by atoms with van der Waals surface area (Å²) >= 11 is 1.37. The highest BCUT2D eigenvalue weighted by Gasteiger charge is 2.13. The molecule has 2 N–H and O–H groups in total. The van der Waals surface area contributed by atoms with Crippen LogP contribution >= 0.6 is 11.3 Å². The topological polar surface area (TPSA) is 72.5 Å². The van der Waals surface area contributed by atoms with Crippen molar-refractivity contribution in [1.29, 1.82) is 0 Å². The van der Waals surface area contributed by atoms with Gasteiger partial charge in [-0.25, -0.2) is 4.98 Å². The van der Waals surface area contributed by atoms with Gasteiger partial charge in [-0.3, -0.25) is 4.79 Å². The molecule has 0 aliphatic rings. The predicted molar refractivity (Wildman–Crippen MR) is 109 cm³/mol. The second-order valence-corrected chi connectivity index (χ2v) is 6.36. The number of ether oxygens (including phenoxy) is 2. The van der Waals surface area contributed by atoms with Crippen LogP contribution in [0.25, 0.3) is 0 Å².